The fourth-order valence-electron chi connectivity index (χ4n) is 4.24. The minimum absolute atomic E-state index is 0.0275. The van der Waals surface area contributed by atoms with Gasteiger partial charge in [-0.2, -0.15) is 0 Å². The van der Waals surface area contributed by atoms with Gasteiger partial charge in [0.2, 0.25) is 0 Å². The Kier molecular flexibility index (Phi) is 24.9. The molecule has 244 valence electrons. The van der Waals surface area contributed by atoms with Gasteiger partial charge in [-0.05, 0) is 12.8 Å². The molecular weight excluding hydrogens is 545 g/mol. The number of hydrogen-bond donors (Lipinski definition) is 0. The van der Waals surface area contributed by atoms with Crippen LogP contribution in [0.25, 0.3) is 0 Å². The second kappa shape index (κ2) is 25.5. The third-order valence-corrected chi connectivity index (χ3v) is 7.84. The molecule has 0 N–H and O–H groups in total. The second-order valence-electron chi connectivity index (χ2n) is 12.2. The normalized spacial score (nSPS) is 14.0. The predicted octanol–water partition coefficient (Wildman–Crippen LogP) is 7.10. The number of ether oxygens (including phenoxy) is 2. The van der Waals surface area contributed by atoms with Gasteiger partial charge in [-0.15, -0.1) is 0 Å². The Morgan fingerprint density at radius 3 is 1.61 bits per heavy atom. The lowest BCUT2D eigenvalue weighted by molar-refractivity contribution is -0.870. The number of phosphoric acid groups is 1. The van der Waals surface area contributed by atoms with Gasteiger partial charge >= 0.3 is 11.9 Å². The molecule has 0 spiro atoms. The van der Waals surface area contributed by atoms with Crippen molar-refractivity contribution in [2.24, 2.45) is 0 Å². The molecule has 0 rings (SSSR count). The largest absolute Gasteiger partial charge is 0.756 e. The van der Waals surface area contributed by atoms with E-state index < -0.39 is 32.5 Å². The zero-order valence-electron chi connectivity index (χ0n) is 27.0. The average molecular weight is 608 g/mol. The summed E-state index contributed by atoms with van der Waals surface area (Å²) in [4.78, 5) is 36.6. The highest BCUT2D eigenvalue weighted by Crippen LogP contribution is 2.38. The first-order valence-electron chi connectivity index (χ1n) is 16.2. The van der Waals surface area contributed by atoms with Crippen molar-refractivity contribution in [1.82, 2.24) is 0 Å². The number of rotatable bonds is 29. The summed E-state index contributed by atoms with van der Waals surface area (Å²) in [5.41, 5.74) is 0. The van der Waals surface area contributed by atoms with Crippen LogP contribution < -0.4 is 4.89 Å². The summed E-state index contributed by atoms with van der Waals surface area (Å²) < 4.78 is 33.3. The molecule has 41 heavy (non-hydrogen) atoms. The summed E-state index contributed by atoms with van der Waals surface area (Å²) in [5.74, 6) is -0.859. The van der Waals surface area contributed by atoms with Crippen LogP contribution in [0.1, 0.15) is 136 Å². The Balaban J connectivity index is 4.30. The topological polar surface area (TPSA) is 111 Å². The van der Waals surface area contributed by atoms with Crippen LogP contribution in [0.4, 0.5) is 0 Å². The van der Waals surface area contributed by atoms with Crippen LogP contribution in [0, 0.1) is 0 Å². The van der Waals surface area contributed by atoms with Gasteiger partial charge in [0.1, 0.15) is 19.8 Å². The van der Waals surface area contributed by atoms with E-state index in [1.165, 1.54) is 70.6 Å². The monoisotopic (exact) mass is 607 g/mol. The number of likely N-dealkylation sites (N-methyl/N-ethyl adjacent to an activating group) is 1. The van der Waals surface area contributed by atoms with Gasteiger partial charge in [-0.1, -0.05) is 110 Å². The summed E-state index contributed by atoms with van der Waals surface area (Å²) in [5, 5.41) is 0. The van der Waals surface area contributed by atoms with Gasteiger partial charge in [0.15, 0.2) is 6.10 Å². The molecule has 0 saturated carbocycles. The number of carbonyl (C=O) groups is 2. The molecule has 2 atom stereocenters. The molecule has 0 aromatic rings. The molecule has 0 amide bonds. The molecule has 2 unspecified atom stereocenters. The van der Waals surface area contributed by atoms with Crippen LogP contribution in [0.3, 0.4) is 0 Å². The fourth-order valence-corrected chi connectivity index (χ4v) is 4.97. The van der Waals surface area contributed by atoms with Crippen molar-refractivity contribution in [3.05, 3.63) is 0 Å². The highest BCUT2D eigenvalue weighted by atomic mass is 31.2. The average Bonchev–Trinajstić information content (AvgIpc) is 2.89. The molecule has 0 radical (unpaired) electrons. The highest BCUT2D eigenvalue weighted by Gasteiger charge is 2.21. The van der Waals surface area contributed by atoms with Crippen LogP contribution in [0.2, 0.25) is 0 Å². The molecule has 0 aliphatic heterocycles. The van der Waals surface area contributed by atoms with E-state index in [-0.39, 0.29) is 26.1 Å². The fraction of sp³-hybridized carbons (Fsp3) is 0.935. The number of quaternary nitrogens is 1. The third kappa shape index (κ3) is 28.9. The van der Waals surface area contributed by atoms with E-state index in [0.717, 1.165) is 25.7 Å². The Morgan fingerprint density at radius 1 is 0.659 bits per heavy atom. The summed E-state index contributed by atoms with van der Waals surface area (Å²) in [6.45, 7) is 4.02. The van der Waals surface area contributed by atoms with E-state index in [1.54, 1.807) is 0 Å². The van der Waals surface area contributed by atoms with Crippen molar-refractivity contribution in [3.63, 3.8) is 0 Å². The van der Waals surface area contributed by atoms with Crippen LogP contribution in [0.5, 0.6) is 0 Å². The van der Waals surface area contributed by atoms with Gasteiger partial charge in [0.05, 0.1) is 27.7 Å². The zero-order chi connectivity index (χ0) is 30.8. The maximum absolute atomic E-state index is 12.4. The highest BCUT2D eigenvalue weighted by molar-refractivity contribution is 7.45. The zero-order valence-corrected chi connectivity index (χ0v) is 27.9. The third-order valence-electron chi connectivity index (χ3n) is 6.88. The molecule has 10 heteroatoms. The lowest BCUT2D eigenvalue weighted by Crippen LogP contribution is -2.37. The maximum Gasteiger partial charge on any atom is 0.306 e. The molecule has 0 aromatic heterocycles. The van der Waals surface area contributed by atoms with Gasteiger partial charge in [-0.25, -0.2) is 0 Å². The minimum Gasteiger partial charge on any atom is -0.756 e. The van der Waals surface area contributed by atoms with E-state index in [9.17, 15) is 19.0 Å². The minimum atomic E-state index is -4.59. The van der Waals surface area contributed by atoms with Crippen molar-refractivity contribution in [3.8, 4) is 0 Å². The summed E-state index contributed by atoms with van der Waals surface area (Å²) in [7, 11) is 1.17. The summed E-state index contributed by atoms with van der Waals surface area (Å²) in [6, 6.07) is 0. The second-order valence-corrected chi connectivity index (χ2v) is 13.6. The first-order valence-corrected chi connectivity index (χ1v) is 17.7. The van der Waals surface area contributed by atoms with E-state index in [0.29, 0.717) is 23.9 Å². The lowest BCUT2D eigenvalue weighted by atomic mass is 10.0. The standard InChI is InChI=1S/C31H62NO8P/c1-6-8-10-11-12-13-14-15-16-17-18-19-20-22-24-31(34)40-29(27-37-30(33)23-21-9-7-2)28-39-41(35,36)38-26-25-32(3,4)5/h29H,6-28H2,1-5H3. The van der Waals surface area contributed by atoms with Crippen molar-refractivity contribution < 1.29 is 42.1 Å². The predicted molar refractivity (Wildman–Crippen MR) is 162 cm³/mol. The number of phosphoric ester groups is 1. The Bertz CT molecular complexity index is 698. The Labute approximate surface area is 251 Å². The molecule has 9 nitrogen and oxygen atoms in total. The van der Waals surface area contributed by atoms with Crippen LogP contribution in [0.15, 0.2) is 0 Å². The lowest BCUT2D eigenvalue weighted by Gasteiger charge is -2.28. The molecule has 0 aliphatic carbocycles. The molecule has 0 aliphatic rings. The number of carbonyl (C=O) groups excluding carboxylic acids is 2. The number of hydrogen-bond acceptors (Lipinski definition) is 8. The van der Waals surface area contributed by atoms with E-state index >= 15 is 0 Å². The molecular formula is C31H62NO8P. The van der Waals surface area contributed by atoms with Crippen LogP contribution >= 0.6 is 7.82 Å². The van der Waals surface area contributed by atoms with Crippen molar-refractivity contribution >= 4 is 19.8 Å². The van der Waals surface area contributed by atoms with Crippen molar-refractivity contribution in [2.45, 2.75) is 142 Å². The van der Waals surface area contributed by atoms with Crippen LogP contribution in [-0.2, 0) is 32.7 Å². The SMILES string of the molecule is CCCCCCCCCCCCCCCCC(=O)OC(COC(=O)CCCCC)COP(=O)([O-])OCC[N+](C)(C)C. The van der Waals surface area contributed by atoms with Crippen molar-refractivity contribution in [1.29, 1.82) is 0 Å². The number of esters is 2. The number of unbranched alkanes of at least 4 members (excludes halogenated alkanes) is 15. The van der Waals surface area contributed by atoms with Gasteiger partial charge in [0, 0.05) is 12.8 Å². The smallest absolute Gasteiger partial charge is 0.306 e. The molecule has 0 aromatic carbocycles. The number of nitrogens with zero attached hydrogens (tertiary/aromatic N) is 1. The first-order chi connectivity index (χ1) is 19.5. The van der Waals surface area contributed by atoms with E-state index in [4.69, 9.17) is 18.5 Å². The Hall–Kier alpha value is -0.990. The molecule has 0 bridgehead atoms. The van der Waals surface area contributed by atoms with Gasteiger partial charge in [-0.3, -0.25) is 14.2 Å². The van der Waals surface area contributed by atoms with Crippen molar-refractivity contribution in [2.75, 3.05) is 47.5 Å². The molecule has 0 fully saturated rings. The Morgan fingerprint density at radius 2 is 1.10 bits per heavy atom. The first kappa shape index (κ1) is 40.0. The van der Waals surface area contributed by atoms with E-state index in [1.807, 2.05) is 28.1 Å². The van der Waals surface area contributed by atoms with Gasteiger partial charge in [0.25, 0.3) is 7.82 Å². The molecule has 0 heterocycles. The quantitative estimate of drug-likeness (QED) is 0.0383. The summed E-state index contributed by atoms with van der Waals surface area (Å²) in [6.07, 6.45) is 19.3. The van der Waals surface area contributed by atoms with Gasteiger partial charge < -0.3 is 27.9 Å². The molecule has 0 saturated heterocycles. The van der Waals surface area contributed by atoms with E-state index in [2.05, 4.69) is 6.92 Å². The van der Waals surface area contributed by atoms with Crippen LogP contribution in [-0.4, -0.2) is 70.0 Å². The summed E-state index contributed by atoms with van der Waals surface area (Å²) >= 11 is 0. The maximum atomic E-state index is 12.4.